The molecule has 1 aliphatic rings. The van der Waals surface area contributed by atoms with Crippen LogP contribution in [0.25, 0.3) is 0 Å². The molecule has 1 rings (SSSR count). The molecule has 6 nitrogen and oxygen atoms in total. The van der Waals surface area contributed by atoms with Crippen molar-refractivity contribution in [1.82, 2.24) is 15.5 Å². The molecule has 0 saturated carbocycles. The zero-order valence-corrected chi connectivity index (χ0v) is 20.8. The number of aliphatic hydroxyl groups excluding tert-OH is 1. The van der Waals surface area contributed by atoms with Gasteiger partial charge in [0.2, 0.25) is 11.8 Å². The molecule has 1 atom stereocenters. The fraction of sp³-hybridized carbons (Fsp3) is 0.462. The molecule has 0 aromatic rings. The number of hydrogen-bond acceptors (Lipinski definition) is 4. The van der Waals surface area contributed by atoms with E-state index in [9.17, 15) is 9.59 Å². The highest BCUT2D eigenvalue weighted by molar-refractivity contribution is 5.81. The number of allylic oxidation sites excluding steroid dienone is 5. The van der Waals surface area contributed by atoms with Gasteiger partial charge in [-0.05, 0) is 56.7 Å². The topological polar surface area (TPSA) is 81.7 Å². The molecule has 0 aromatic heterocycles. The van der Waals surface area contributed by atoms with E-state index in [0.717, 1.165) is 37.1 Å². The predicted octanol–water partition coefficient (Wildman–Crippen LogP) is 4.81. The molecular formula is C26H43N3O3. The molecule has 180 valence electrons. The molecular weight excluding hydrogens is 402 g/mol. The third-order valence-electron chi connectivity index (χ3n) is 4.61. The second kappa shape index (κ2) is 18.9. The monoisotopic (exact) mass is 445 g/mol. The van der Waals surface area contributed by atoms with E-state index < -0.39 is 0 Å². The molecule has 0 aromatic carbocycles. The number of rotatable bonds is 9. The molecule has 1 aliphatic heterocycles. The van der Waals surface area contributed by atoms with Gasteiger partial charge in [-0.15, -0.1) is 0 Å². The Kier molecular flexibility index (Phi) is 18.5. The Balaban J connectivity index is 0. The fourth-order valence-corrected chi connectivity index (χ4v) is 2.83. The van der Waals surface area contributed by atoms with Crippen molar-refractivity contribution in [2.45, 2.75) is 47.5 Å². The minimum absolute atomic E-state index is 0.0285. The zero-order chi connectivity index (χ0) is 25.1. The summed E-state index contributed by atoms with van der Waals surface area (Å²) in [4.78, 5) is 24.7. The van der Waals surface area contributed by atoms with Crippen LogP contribution in [0, 0.1) is 5.92 Å². The van der Waals surface area contributed by atoms with Gasteiger partial charge in [0.05, 0.1) is 5.92 Å². The van der Waals surface area contributed by atoms with Crippen LogP contribution in [-0.4, -0.2) is 48.5 Å². The van der Waals surface area contributed by atoms with Crippen molar-refractivity contribution in [3.63, 3.8) is 0 Å². The lowest BCUT2D eigenvalue weighted by Crippen LogP contribution is -2.31. The number of amides is 2. The van der Waals surface area contributed by atoms with Gasteiger partial charge in [-0.3, -0.25) is 9.59 Å². The standard InChI is InChI=1S/C13H20N2O2.C11H17NO.C2H6/c1-4-12(6-5-10(2)16)14-13(17)11-7-8-15(3)9-11;1-5-10(6-2)11(7-3)8-12-9(4)13;1-2/h4-6,11,16H,2,7-9H2,1,3H3,(H,14,17);5,7H,1,3,6,8H2,2,4H3,(H,12,13);1-2H3/b6-5-,12-4+;11-10-;. The van der Waals surface area contributed by atoms with E-state index in [1.807, 2.05) is 34.7 Å². The largest absolute Gasteiger partial charge is 0.509 e. The van der Waals surface area contributed by atoms with Crippen LogP contribution < -0.4 is 10.6 Å². The molecule has 1 saturated heterocycles. The van der Waals surface area contributed by atoms with E-state index in [2.05, 4.69) is 35.3 Å². The molecule has 0 spiro atoms. The van der Waals surface area contributed by atoms with Crippen molar-refractivity contribution in [1.29, 1.82) is 0 Å². The average Bonchev–Trinajstić information content (AvgIpc) is 3.22. The summed E-state index contributed by atoms with van der Waals surface area (Å²) in [7, 11) is 2.01. The molecule has 1 unspecified atom stereocenters. The number of nitrogens with zero attached hydrogens (tertiary/aromatic N) is 1. The third-order valence-corrected chi connectivity index (χ3v) is 4.61. The summed E-state index contributed by atoms with van der Waals surface area (Å²) in [5, 5.41) is 14.5. The Bertz CT molecular complexity index is 718. The molecule has 32 heavy (non-hydrogen) atoms. The van der Waals surface area contributed by atoms with Gasteiger partial charge in [0.1, 0.15) is 5.76 Å². The Morgan fingerprint density at radius 2 is 1.75 bits per heavy atom. The number of nitrogens with one attached hydrogen (secondary N) is 2. The molecule has 3 N–H and O–H groups in total. The number of hydrogen-bond donors (Lipinski definition) is 3. The first kappa shape index (κ1) is 31.3. The minimum atomic E-state index is -0.0288. The van der Waals surface area contributed by atoms with Gasteiger partial charge in [0, 0.05) is 25.7 Å². The minimum Gasteiger partial charge on any atom is -0.509 e. The van der Waals surface area contributed by atoms with Crippen LogP contribution in [0.15, 0.2) is 72.7 Å². The third kappa shape index (κ3) is 14.2. The molecule has 0 radical (unpaired) electrons. The first-order valence-corrected chi connectivity index (χ1v) is 11.1. The highest BCUT2D eigenvalue weighted by Crippen LogP contribution is 2.15. The zero-order valence-electron chi connectivity index (χ0n) is 20.8. The number of carbonyl (C=O) groups is 2. The molecule has 6 heteroatoms. The molecule has 1 fully saturated rings. The van der Waals surface area contributed by atoms with Gasteiger partial charge in [-0.25, -0.2) is 0 Å². The van der Waals surface area contributed by atoms with Gasteiger partial charge >= 0.3 is 0 Å². The second-order valence-electron chi connectivity index (χ2n) is 7.03. The van der Waals surface area contributed by atoms with Crippen molar-refractivity contribution in [3.8, 4) is 0 Å². The maximum absolute atomic E-state index is 11.9. The Morgan fingerprint density at radius 1 is 1.16 bits per heavy atom. The van der Waals surface area contributed by atoms with E-state index in [1.54, 1.807) is 24.3 Å². The second-order valence-corrected chi connectivity index (χ2v) is 7.03. The Labute approximate surface area is 195 Å². The van der Waals surface area contributed by atoms with Crippen LogP contribution in [0.3, 0.4) is 0 Å². The summed E-state index contributed by atoms with van der Waals surface area (Å²) in [6.07, 6.45) is 10.3. The van der Waals surface area contributed by atoms with Crippen LogP contribution in [0.1, 0.15) is 47.5 Å². The average molecular weight is 446 g/mol. The summed E-state index contributed by atoms with van der Waals surface area (Å²) in [5.41, 5.74) is 2.84. The first-order chi connectivity index (χ1) is 15.2. The van der Waals surface area contributed by atoms with E-state index >= 15 is 0 Å². The summed E-state index contributed by atoms with van der Waals surface area (Å²) < 4.78 is 0. The fourth-order valence-electron chi connectivity index (χ4n) is 2.83. The van der Waals surface area contributed by atoms with Gasteiger partial charge in [-0.1, -0.05) is 58.7 Å². The Morgan fingerprint density at radius 3 is 2.12 bits per heavy atom. The SMILES string of the molecule is C=C(O)/C=C\C(=C/C)NC(=O)C1CCN(C)C1.C=C/C(CC)=C(\C=C)CNC(C)=O.CC. The Hall–Kier alpha value is -2.86. The van der Waals surface area contributed by atoms with E-state index in [-0.39, 0.29) is 23.5 Å². The first-order valence-electron chi connectivity index (χ1n) is 11.1. The van der Waals surface area contributed by atoms with Gasteiger partial charge in [0.15, 0.2) is 0 Å². The lowest BCUT2D eigenvalue weighted by molar-refractivity contribution is -0.123. The summed E-state index contributed by atoms with van der Waals surface area (Å²) in [5.74, 6) is 0.0365. The highest BCUT2D eigenvalue weighted by Gasteiger charge is 2.25. The van der Waals surface area contributed by atoms with Crippen LogP contribution >= 0.6 is 0 Å². The highest BCUT2D eigenvalue weighted by atomic mass is 16.3. The molecule has 1 heterocycles. The van der Waals surface area contributed by atoms with Crippen LogP contribution in [0.2, 0.25) is 0 Å². The summed E-state index contributed by atoms with van der Waals surface area (Å²) in [6.45, 7) is 22.4. The molecule has 0 bridgehead atoms. The van der Waals surface area contributed by atoms with E-state index in [4.69, 9.17) is 5.11 Å². The number of aliphatic hydroxyl groups is 1. The summed E-state index contributed by atoms with van der Waals surface area (Å²) in [6, 6.07) is 0. The maximum Gasteiger partial charge on any atom is 0.228 e. The van der Waals surface area contributed by atoms with Crippen LogP contribution in [0.5, 0.6) is 0 Å². The number of likely N-dealkylation sites (tertiary alicyclic amines) is 1. The van der Waals surface area contributed by atoms with E-state index in [0.29, 0.717) is 12.2 Å². The quantitative estimate of drug-likeness (QED) is 0.351. The van der Waals surface area contributed by atoms with Crippen molar-refractivity contribution < 1.29 is 14.7 Å². The lowest BCUT2D eigenvalue weighted by atomic mass is 10.1. The smallest absolute Gasteiger partial charge is 0.228 e. The molecule has 2 amide bonds. The normalized spacial score (nSPS) is 16.6. The predicted molar refractivity (Wildman–Crippen MR) is 136 cm³/mol. The lowest BCUT2D eigenvalue weighted by Gasteiger charge is -2.11. The number of carbonyl (C=O) groups excluding carboxylic acids is 2. The van der Waals surface area contributed by atoms with Crippen LogP contribution in [0.4, 0.5) is 0 Å². The van der Waals surface area contributed by atoms with Crippen molar-refractivity contribution in [3.05, 3.63) is 72.7 Å². The van der Waals surface area contributed by atoms with Crippen LogP contribution in [-0.2, 0) is 9.59 Å². The molecule has 0 aliphatic carbocycles. The van der Waals surface area contributed by atoms with Gasteiger partial charge in [-0.2, -0.15) is 0 Å². The van der Waals surface area contributed by atoms with E-state index in [1.165, 1.54) is 13.0 Å². The van der Waals surface area contributed by atoms with Crippen molar-refractivity contribution >= 4 is 11.8 Å². The van der Waals surface area contributed by atoms with Gasteiger partial charge in [0.25, 0.3) is 0 Å². The van der Waals surface area contributed by atoms with Gasteiger partial charge < -0.3 is 20.6 Å². The maximum atomic E-state index is 11.9. The summed E-state index contributed by atoms with van der Waals surface area (Å²) >= 11 is 0. The van der Waals surface area contributed by atoms with Crippen molar-refractivity contribution in [2.75, 3.05) is 26.7 Å². The van der Waals surface area contributed by atoms with Crippen molar-refractivity contribution in [2.24, 2.45) is 5.92 Å².